The van der Waals surface area contributed by atoms with Crippen LogP contribution in [0.5, 0.6) is 0 Å². The highest BCUT2D eigenvalue weighted by Gasteiger charge is 2.40. The summed E-state index contributed by atoms with van der Waals surface area (Å²) in [5, 5.41) is 12.2. The Labute approximate surface area is 114 Å². The van der Waals surface area contributed by atoms with Gasteiger partial charge in [0.25, 0.3) is 0 Å². The van der Waals surface area contributed by atoms with Gasteiger partial charge in [-0.2, -0.15) is 0 Å². The topological polar surface area (TPSA) is 69.6 Å². The average Bonchev–Trinajstić information content (AvgIpc) is 2.54. The summed E-state index contributed by atoms with van der Waals surface area (Å²) >= 11 is 0. The van der Waals surface area contributed by atoms with Crippen molar-refractivity contribution in [3.05, 3.63) is 12.2 Å². The predicted octanol–water partition coefficient (Wildman–Crippen LogP) is 2.38. The van der Waals surface area contributed by atoms with Crippen molar-refractivity contribution in [1.82, 2.24) is 10.2 Å². The second-order valence-electron chi connectivity index (χ2n) is 5.54. The molecular weight excluding hydrogens is 244 g/mol. The van der Waals surface area contributed by atoms with Gasteiger partial charge < -0.3 is 15.3 Å². The molecule has 0 saturated heterocycles. The summed E-state index contributed by atoms with van der Waals surface area (Å²) < 4.78 is 0. The molecule has 0 aromatic carbocycles. The second-order valence-corrected chi connectivity index (χ2v) is 5.54. The lowest BCUT2D eigenvalue weighted by molar-refractivity contribution is -0.145. The number of nitrogens with zero attached hydrogens (tertiary/aromatic N) is 1. The van der Waals surface area contributed by atoms with E-state index < -0.39 is 11.5 Å². The third kappa shape index (κ3) is 4.26. The van der Waals surface area contributed by atoms with Gasteiger partial charge in [-0.3, -0.25) is 0 Å². The molecule has 5 heteroatoms. The number of carbonyl (C=O) groups excluding carboxylic acids is 1. The lowest BCUT2D eigenvalue weighted by Crippen LogP contribution is -2.57. The summed E-state index contributed by atoms with van der Waals surface area (Å²) in [6, 6.07) is -0.340. The van der Waals surface area contributed by atoms with Crippen molar-refractivity contribution < 1.29 is 14.7 Å². The van der Waals surface area contributed by atoms with Crippen molar-refractivity contribution in [3.8, 4) is 0 Å². The van der Waals surface area contributed by atoms with Crippen LogP contribution in [-0.4, -0.2) is 41.1 Å². The summed E-state index contributed by atoms with van der Waals surface area (Å²) in [6.45, 7) is 6.02. The zero-order valence-corrected chi connectivity index (χ0v) is 11.9. The molecule has 0 bridgehead atoms. The highest BCUT2D eigenvalue weighted by Crippen LogP contribution is 2.27. The number of rotatable bonds is 4. The molecule has 0 aromatic rings. The largest absolute Gasteiger partial charge is 0.480 e. The van der Waals surface area contributed by atoms with E-state index in [1.807, 2.05) is 6.92 Å². The molecule has 1 aliphatic carbocycles. The molecule has 1 aliphatic rings. The van der Waals surface area contributed by atoms with Crippen LogP contribution in [0.1, 0.15) is 45.4 Å². The molecule has 19 heavy (non-hydrogen) atoms. The van der Waals surface area contributed by atoms with E-state index in [1.54, 1.807) is 7.05 Å². The standard InChI is InChI=1S/C14H24N2O3/c1-11(2)10-16(3)13(19)15-14(12(17)18)8-6-4-5-7-9-14/h1,4-10H2,2-3H3,(H,15,19)(H,17,18). The molecule has 0 radical (unpaired) electrons. The smallest absolute Gasteiger partial charge is 0.329 e. The summed E-state index contributed by atoms with van der Waals surface area (Å²) in [4.78, 5) is 25.1. The van der Waals surface area contributed by atoms with Crippen molar-refractivity contribution >= 4 is 12.0 Å². The molecule has 2 amide bonds. The first-order valence-corrected chi connectivity index (χ1v) is 6.78. The average molecular weight is 268 g/mol. The van der Waals surface area contributed by atoms with Crippen LogP contribution in [0.4, 0.5) is 4.79 Å². The Balaban J connectivity index is 2.75. The van der Waals surface area contributed by atoms with Gasteiger partial charge in [-0.05, 0) is 19.8 Å². The summed E-state index contributed by atoms with van der Waals surface area (Å²) in [7, 11) is 1.65. The minimum Gasteiger partial charge on any atom is -0.480 e. The van der Waals surface area contributed by atoms with E-state index in [-0.39, 0.29) is 6.03 Å². The molecule has 1 fully saturated rings. The number of hydrogen-bond acceptors (Lipinski definition) is 2. The van der Waals surface area contributed by atoms with E-state index >= 15 is 0 Å². The Bertz CT molecular complexity index is 358. The number of likely N-dealkylation sites (N-methyl/N-ethyl adjacent to an activating group) is 1. The van der Waals surface area contributed by atoms with Crippen LogP contribution < -0.4 is 5.32 Å². The Morgan fingerprint density at radius 2 is 1.79 bits per heavy atom. The number of nitrogens with one attached hydrogen (secondary N) is 1. The molecule has 0 atom stereocenters. The number of hydrogen-bond donors (Lipinski definition) is 2. The van der Waals surface area contributed by atoms with Crippen molar-refractivity contribution in [2.45, 2.75) is 51.0 Å². The third-order valence-corrected chi connectivity index (χ3v) is 3.57. The van der Waals surface area contributed by atoms with Gasteiger partial charge in [-0.15, -0.1) is 0 Å². The molecule has 5 nitrogen and oxygen atoms in total. The van der Waals surface area contributed by atoms with E-state index in [4.69, 9.17) is 0 Å². The van der Waals surface area contributed by atoms with E-state index in [0.29, 0.717) is 19.4 Å². The van der Waals surface area contributed by atoms with Crippen LogP contribution in [0.25, 0.3) is 0 Å². The normalized spacial score (nSPS) is 18.2. The molecule has 0 aromatic heterocycles. The number of urea groups is 1. The zero-order chi connectivity index (χ0) is 14.5. The minimum atomic E-state index is -1.10. The van der Waals surface area contributed by atoms with Crippen LogP contribution in [0, 0.1) is 0 Å². The monoisotopic (exact) mass is 268 g/mol. The highest BCUT2D eigenvalue weighted by molar-refractivity contribution is 5.86. The summed E-state index contributed by atoms with van der Waals surface area (Å²) in [6.07, 6.45) is 4.77. The van der Waals surface area contributed by atoms with Crippen molar-refractivity contribution in [1.29, 1.82) is 0 Å². The van der Waals surface area contributed by atoms with Crippen molar-refractivity contribution in [3.63, 3.8) is 0 Å². The summed E-state index contributed by atoms with van der Waals surface area (Å²) in [5.41, 5.74) is -0.236. The fourth-order valence-electron chi connectivity index (χ4n) is 2.50. The minimum absolute atomic E-state index is 0.340. The zero-order valence-electron chi connectivity index (χ0n) is 11.9. The van der Waals surface area contributed by atoms with Crippen molar-refractivity contribution in [2.75, 3.05) is 13.6 Å². The predicted molar refractivity (Wildman–Crippen MR) is 74.0 cm³/mol. The molecule has 0 heterocycles. The van der Waals surface area contributed by atoms with Crippen molar-refractivity contribution in [2.24, 2.45) is 0 Å². The van der Waals surface area contributed by atoms with Gasteiger partial charge in [0.1, 0.15) is 5.54 Å². The van der Waals surface area contributed by atoms with E-state index in [1.165, 1.54) is 4.90 Å². The van der Waals surface area contributed by atoms with Crippen LogP contribution in [0.3, 0.4) is 0 Å². The van der Waals surface area contributed by atoms with Crippen LogP contribution >= 0.6 is 0 Å². The molecule has 0 aliphatic heterocycles. The fourth-order valence-corrected chi connectivity index (χ4v) is 2.50. The van der Waals surface area contributed by atoms with E-state index in [2.05, 4.69) is 11.9 Å². The number of amides is 2. The molecule has 108 valence electrons. The van der Waals surface area contributed by atoms with Gasteiger partial charge >= 0.3 is 12.0 Å². The van der Waals surface area contributed by atoms with Gasteiger partial charge in [-0.25, -0.2) is 9.59 Å². The highest BCUT2D eigenvalue weighted by atomic mass is 16.4. The van der Waals surface area contributed by atoms with Gasteiger partial charge in [0.2, 0.25) is 0 Å². The Morgan fingerprint density at radius 1 is 1.26 bits per heavy atom. The molecule has 1 saturated carbocycles. The van der Waals surface area contributed by atoms with Crippen LogP contribution in [0.15, 0.2) is 12.2 Å². The summed E-state index contributed by atoms with van der Waals surface area (Å²) in [5.74, 6) is -0.925. The number of carbonyl (C=O) groups is 2. The number of aliphatic carboxylic acids is 1. The maximum absolute atomic E-state index is 12.1. The van der Waals surface area contributed by atoms with Crippen LogP contribution in [-0.2, 0) is 4.79 Å². The van der Waals surface area contributed by atoms with E-state index in [9.17, 15) is 14.7 Å². The number of carboxylic acids is 1. The van der Waals surface area contributed by atoms with E-state index in [0.717, 1.165) is 31.3 Å². The first-order chi connectivity index (χ1) is 8.87. The van der Waals surface area contributed by atoms with Crippen LogP contribution in [0.2, 0.25) is 0 Å². The SMILES string of the molecule is C=C(C)CN(C)C(=O)NC1(C(=O)O)CCCCCC1. The fraction of sp³-hybridized carbons (Fsp3) is 0.714. The molecule has 0 spiro atoms. The Morgan fingerprint density at radius 3 is 2.21 bits per heavy atom. The Hall–Kier alpha value is -1.52. The van der Waals surface area contributed by atoms with Gasteiger partial charge in [0.15, 0.2) is 0 Å². The lowest BCUT2D eigenvalue weighted by Gasteiger charge is -2.31. The first-order valence-electron chi connectivity index (χ1n) is 6.78. The third-order valence-electron chi connectivity index (χ3n) is 3.57. The van der Waals surface area contributed by atoms with Gasteiger partial charge in [0, 0.05) is 13.6 Å². The number of carboxylic acid groups (broad SMARTS) is 1. The van der Waals surface area contributed by atoms with Gasteiger partial charge in [0.05, 0.1) is 0 Å². The second kappa shape index (κ2) is 6.59. The molecule has 0 unspecified atom stereocenters. The molecule has 1 rings (SSSR count). The first kappa shape index (κ1) is 15.5. The quantitative estimate of drug-likeness (QED) is 0.607. The maximum Gasteiger partial charge on any atom is 0.329 e. The maximum atomic E-state index is 12.1. The molecular formula is C14H24N2O3. The Kier molecular flexibility index (Phi) is 5.39. The lowest BCUT2D eigenvalue weighted by atomic mass is 9.90. The van der Waals surface area contributed by atoms with Gasteiger partial charge in [-0.1, -0.05) is 37.8 Å². The molecule has 2 N–H and O–H groups in total.